The number of hydrogen-bond donors (Lipinski definition) is 2. The molecule has 0 bridgehead atoms. The summed E-state index contributed by atoms with van der Waals surface area (Å²) in [5.41, 5.74) is 0. The molecule has 0 aliphatic carbocycles. The second-order valence-electron chi connectivity index (χ2n) is 5.11. The molecular formula is C12H23N3O3. The topological polar surface area (TPSA) is 72.9 Å². The quantitative estimate of drug-likeness (QED) is 0.649. The van der Waals surface area contributed by atoms with E-state index in [1.807, 2.05) is 14.1 Å². The van der Waals surface area contributed by atoms with Crippen LogP contribution in [0.2, 0.25) is 0 Å². The molecule has 0 aromatic rings. The van der Waals surface area contributed by atoms with E-state index in [0.29, 0.717) is 19.6 Å². The van der Waals surface area contributed by atoms with Gasteiger partial charge in [-0.1, -0.05) is 0 Å². The van der Waals surface area contributed by atoms with Gasteiger partial charge < -0.3 is 20.2 Å². The molecule has 0 saturated carbocycles. The van der Waals surface area contributed by atoms with Crippen LogP contribution in [0.15, 0.2) is 0 Å². The molecule has 0 unspecified atom stereocenters. The predicted molar refractivity (Wildman–Crippen MR) is 68.5 cm³/mol. The molecule has 0 aromatic carbocycles. The first-order chi connectivity index (χ1) is 8.49. The average Bonchev–Trinajstić information content (AvgIpc) is 2.21. The Labute approximate surface area is 108 Å². The zero-order valence-electron chi connectivity index (χ0n) is 11.2. The maximum absolute atomic E-state index is 11.6. The summed E-state index contributed by atoms with van der Waals surface area (Å²) in [7, 11) is 4.06. The predicted octanol–water partition coefficient (Wildman–Crippen LogP) is 0.444. The molecule has 6 nitrogen and oxygen atoms in total. The Morgan fingerprint density at radius 3 is 2.56 bits per heavy atom. The lowest BCUT2D eigenvalue weighted by Gasteiger charge is -2.38. The van der Waals surface area contributed by atoms with Gasteiger partial charge in [-0.15, -0.1) is 0 Å². The maximum Gasteiger partial charge on any atom is 0.317 e. The Bertz CT molecular complexity index is 288. The van der Waals surface area contributed by atoms with Crippen LogP contribution in [0.1, 0.15) is 19.3 Å². The Kier molecular flexibility index (Phi) is 5.91. The van der Waals surface area contributed by atoms with Crippen molar-refractivity contribution in [2.75, 3.05) is 40.3 Å². The van der Waals surface area contributed by atoms with Crippen molar-refractivity contribution in [3.8, 4) is 0 Å². The second kappa shape index (κ2) is 7.20. The van der Waals surface area contributed by atoms with E-state index >= 15 is 0 Å². The highest BCUT2D eigenvalue weighted by Crippen LogP contribution is 2.18. The SMILES string of the molecule is CN(C)CCCCNC(=O)N1CC(CC(=O)O)C1. The summed E-state index contributed by atoms with van der Waals surface area (Å²) >= 11 is 0. The number of carboxylic acid groups (broad SMARTS) is 1. The molecule has 0 atom stereocenters. The maximum atomic E-state index is 11.6. The van der Waals surface area contributed by atoms with Crippen molar-refractivity contribution in [1.29, 1.82) is 0 Å². The summed E-state index contributed by atoms with van der Waals surface area (Å²) in [6.07, 6.45) is 2.19. The number of unbranched alkanes of at least 4 members (excludes halogenated alkanes) is 1. The van der Waals surface area contributed by atoms with Crippen LogP contribution in [-0.4, -0.2) is 67.2 Å². The molecule has 0 spiro atoms. The number of nitrogens with one attached hydrogen (secondary N) is 1. The van der Waals surface area contributed by atoms with Crippen LogP contribution < -0.4 is 5.32 Å². The molecule has 2 N–H and O–H groups in total. The fourth-order valence-electron chi connectivity index (χ4n) is 1.97. The van der Waals surface area contributed by atoms with E-state index in [0.717, 1.165) is 19.4 Å². The van der Waals surface area contributed by atoms with Gasteiger partial charge in [-0.2, -0.15) is 0 Å². The average molecular weight is 257 g/mol. The molecule has 104 valence electrons. The molecule has 1 rings (SSSR count). The zero-order chi connectivity index (χ0) is 13.5. The highest BCUT2D eigenvalue weighted by atomic mass is 16.4. The van der Waals surface area contributed by atoms with Crippen molar-refractivity contribution in [3.05, 3.63) is 0 Å². The van der Waals surface area contributed by atoms with Crippen molar-refractivity contribution in [2.45, 2.75) is 19.3 Å². The number of urea groups is 1. The van der Waals surface area contributed by atoms with E-state index in [4.69, 9.17) is 5.11 Å². The third-order valence-electron chi connectivity index (χ3n) is 3.02. The number of hydrogen-bond acceptors (Lipinski definition) is 3. The lowest BCUT2D eigenvalue weighted by molar-refractivity contribution is -0.139. The number of carbonyl (C=O) groups is 2. The third-order valence-corrected chi connectivity index (χ3v) is 3.02. The van der Waals surface area contributed by atoms with Crippen molar-refractivity contribution in [2.24, 2.45) is 5.92 Å². The van der Waals surface area contributed by atoms with Gasteiger partial charge >= 0.3 is 12.0 Å². The summed E-state index contributed by atoms with van der Waals surface area (Å²) < 4.78 is 0. The molecule has 0 aromatic heterocycles. The van der Waals surface area contributed by atoms with Crippen LogP contribution >= 0.6 is 0 Å². The van der Waals surface area contributed by atoms with Crippen LogP contribution in [0.3, 0.4) is 0 Å². The Morgan fingerprint density at radius 1 is 1.33 bits per heavy atom. The van der Waals surface area contributed by atoms with Crippen molar-refractivity contribution < 1.29 is 14.7 Å². The summed E-state index contributed by atoms with van der Waals surface area (Å²) in [5.74, 6) is -0.661. The Hall–Kier alpha value is -1.30. The van der Waals surface area contributed by atoms with Gasteiger partial charge in [0, 0.05) is 25.6 Å². The van der Waals surface area contributed by atoms with E-state index in [-0.39, 0.29) is 18.4 Å². The summed E-state index contributed by atoms with van der Waals surface area (Å²) in [4.78, 5) is 25.9. The Balaban J connectivity index is 2.00. The van der Waals surface area contributed by atoms with Crippen LogP contribution in [0.4, 0.5) is 4.79 Å². The molecular weight excluding hydrogens is 234 g/mol. The molecule has 1 saturated heterocycles. The number of rotatable bonds is 7. The standard InChI is InChI=1S/C12H23N3O3/c1-14(2)6-4-3-5-13-12(18)15-8-10(9-15)7-11(16)17/h10H,3-9H2,1-2H3,(H,13,18)(H,16,17). The smallest absolute Gasteiger partial charge is 0.317 e. The van der Waals surface area contributed by atoms with Crippen molar-refractivity contribution in [1.82, 2.24) is 15.1 Å². The van der Waals surface area contributed by atoms with Crippen molar-refractivity contribution >= 4 is 12.0 Å². The molecule has 2 amide bonds. The zero-order valence-corrected chi connectivity index (χ0v) is 11.2. The summed E-state index contributed by atoms with van der Waals surface area (Å²) in [5, 5.41) is 11.4. The molecule has 18 heavy (non-hydrogen) atoms. The first-order valence-electron chi connectivity index (χ1n) is 6.38. The monoisotopic (exact) mass is 257 g/mol. The van der Waals surface area contributed by atoms with E-state index in [2.05, 4.69) is 10.2 Å². The van der Waals surface area contributed by atoms with E-state index < -0.39 is 5.97 Å². The number of aliphatic carboxylic acids is 1. The lowest BCUT2D eigenvalue weighted by atomic mass is 9.97. The molecule has 1 fully saturated rings. The Morgan fingerprint density at radius 2 is 2.00 bits per heavy atom. The van der Waals surface area contributed by atoms with Gasteiger partial charge in [-0.05, 0) is 33.5 Å². The van der Waals surface area contributed by atoms with Gasteiger partial charge in [0.25, 0.3) is 0 Å². The van der Waals surface area contributed by atoms with Gasteiger partial charge in [0.15, 0.2) is 0 Å². The van der Waals surface area contributed by atoms with E-state index in [9.17, 15) is 9.59 Å². The fourth-order valence-corrected chi connectivity index (χ4v) is 1.97. The van der Waals surface area contributed by atoms with E-state index in [1.54, 1.807) is 4.90 Å². The molecule has 1 aliphatic heterocycles. The van der Waals surface area contributed by atoms with Gasteiger partial charge in [-0.3, -0.25) is 4.79 Å². The van der Waals surface area contributed by atoms with Crippen LogP contribution in [0.25, 0.3) is 0 Å². The summed E-state index contributed by atoms with van der Waals surface area (Å²) in [6.45, 7) is 2.85. The van der Waals surface area contributed by atoms with Gasteiger partial charge in [0.05, 0.1) is 6.42 Å². The van der Waals surface area contributed by atoms with Crippen LogP contribution in [0, 0.1) is 5.92 Å². The first kappa shape index (κ1) is 14.8. The molecule has 6 heteroatoms. The largest absolute Gasteiger partial charge is 0.481 e. The van der Waals surface area contributed by atoms with Crippen LogP contribution in [-0.2, 0) is 4.79 Å². The third kappa shape index (κ3) is 5.35. The van der Waals surface area contributed by atoms with Gasteiger partial charge in [0.2, 0.25) is 0 Å². The fraction of sp³-hybridized carbons (Fsp3) is 0.833. The second-order valence-corrected chi connectivity index (χ2v) is 5.11. The molecule has 1 aliphatic rings. The van der Waals surface area contributed by atoms with Gasteiger partial charge in [0.1, 0.15) is 0 Å². The lowest BCUT2D eigenvalue weighted by Crippen LogP contribution is -2.54. The normalized spacial score (nSPS) is 15.6. The number of likely N-dealkylation sites (tertiary alicyclic amines) is 1. The summed E-state index contributed by atoms with van der Waals surface area (Å²) in [6, 6.07) is -0.0681. The number of carbonyl (C=O) groups excluding carboxylic acids is 1. The van der Waals surface area contributed by atoms with Crippen LogP contribution in [0.5, 0.6) is 0 Å². The highest BCUT2D eigenvalue weighted by molar-refractivity contribution is 5.75. The number of amides is 2. The molecule has 1 heterocycles. The van der Waals surface area contributed by atoms with Gasteiger partial charge in [-0.25, -0.2) is 4.79 Å². The molecule has 0 radical (unpaired) electrons. The van der Waals surface area contributed by atoms with Crippen molar-refractivity contribution in [3.63, 3.8) is 0 Å². The highest BCUT2D eigenvalue weighted by Gasteiger charge is 2.31. The minimum Gasteiger partial charge on any atom is -0.481 e. The minimum atomic E-state index is -0.788. The first-order valence-corrected chi connectivity index (χ1v) is 6.38. The number of nitrogens with zero attached hydrogens (tertiary/aromatic N) is 2. The number of carboxylic acids is 1. The minimum absolute atomic E-state index is 0.0681. The van der Waals surface area contributed by atoms with E-state index in [1.165, 1.54) is 0 Å².